The van der Waals surface area contributed by atoms with E-state index in [2.05, 4.69) is 4.74 Å². The van der Waals surface area contributed by atoms with Crippen molar-refractivity contribution in [3.05, 3.63) is 0 Å². The van der Waals surface area contributed by atoms with Gasteiger partial charge in [0.1, 0.15) is 11.6 Å². The van der Waals surface area contributed by atoms with E-state index in [0.717, 1.165) is 0 Å². The zero-order valence-corrected chi connectivity index (χ0v) is 12.2. The Labute approximate surface area is 117 Å². The van der Waals surface area contributed by atoms with Gasteiger partial charge in [0.25, 0.3) is 0 Å². The van der Waals surface area contributed by atoms with Gasteiger partial charge in [0.2, 0.25) is 6.43 Å². The van der Waals surface area contributed by atoms with Crippen LogP contribution in [0, 0.1) is 5.92 Å². The molecule has 0 bridgehead atoms. The molecule has 2 unspecified atom stereocenters. The molecule has 1 rings (SSSR count). The van der Waals surface area contributed by atoms with Gasteiger partial charge in [-0.1, -0.05) is 0 Å². The molecule has 0 saturated carbocycles. The second kappa shape index (κ2) is 6.37. The first kappa shape index (κ1) is 16.7. The number of carbonyl (C=O) groups excluding carboxylic acids is 2. The lowest BCUT2D eigenvalue weighted by molar-refractivity contribution is -0.145. The summed E-state index contributed by atoms with van der Waals surface area (Å²) >= 11 is 0. The van der Waals surface area contributed by atoms with Gasteiger partial charge in [0.15, 0.2) is 0 Å². The summed E-state index contributed by atoms with van der Waals surface area (Å²) in [5.41, 5.74) is -0.710. The smallest absolute Gasteiger partial charge is 0.411 e. The van der Waals surface area contributed by atoms with Crippen LogP contribution in [0.4, 0.5) is 13.6 Å². The van der Waals surface area contributed by atoms with E-state index in [1.807, 2.05) is 0 Å². The molecular weight excluding hydrogens is 272 g/mol. The first-order chi connectivity index (χ1) is 9.14. The molecule has 1 saturated heterocycles. The number of rotatable bonds is 3. The predicted octanol–water partition coefficient (Wildman–Crippen LogP) is 2.44. The summed E-state index contributed by atoms with van der Waals surface area (Å²) in [5.74, 6) is -1.03. The summed E-state index contributed by atoms with van der Waals surface area (Å²) in [4.78, 5) is 24.9. The van der Waals surface area contributed by atoms with Gasteiger partial charge in [-0.25, -0.2) is 18.4 Å². The summed E-state index contributed by atoms with van der Waals surface area (Å²) in [5, 5.41) is 0. The van der Waals surface area contributed by atoms with Crippen molar-refractivity contribution < 1.29 is 27.8 Å². The molecule has 5 nitrogen and oxygen atoms in total. The van der Waals surface area contributed by atoms with Crippen molar-refractivity contribution in [3.8, 4) is 0 Å². The van der Waals surface area contributed by atoms with Crippen LogP contribution in [0.5, 0.6) is 0 Å². The molecule has 0 aliphatic carbocycles. The number of amides is 1. The molecule has 1 amide bonds. The van der Waals surface area contributed by atoms with Crippen molar-refractivity contribution in [3.63, 3.8) is 0 Å². The minimum absolute atomic E-state index is 0.0824. The summed E-state index contributed by atoms with van der Waals surface area (Å²) in [6, 6.07) is -0.849. The summed E-state index contributed by atoms with van der Waals surface area (Å²) in [6.45, 7) is 5.18. The number of hydrogen-bond donors (Lipinski definition) is 0. The fraction of sp³-hybridized carbons (Fsp3) is 0.846. The molecule has 1 aliphatic rings. The number of ether oxygens (including phenoxy) is 2. The molecular formula is C13H21F2NO4. The summed E-state index contributed by atoms with van der Waals surface area (Å²) in [7, 11) is 1.20. The maximum atomic E-state index is 12.4. The highest BCUT2D eigenvalue weighted by molar-refractivity contribution is 5.82. The molecule has 0 N–H and O–H groups in total. The van der Waals surface area contributed by atoms with Crippen LogP contribution in [0.1, 0.15) is 33.6 Å². The van der Waals surface area contributed by atoms with Crippen LogP contribution in [0.3, 0.4) is 0 Å². The summed E-state index contributed by atoms with van der Waals surface area (Å²) < 4.78 is 34.7. The van der Waals surface area contributed by atoms with E-state index in [1.54, 1.807) is 20.8 Å². The van der Waals surface area contributed by atoms with Crippen LogP contribution in [0.2, 0.25) is 0 Å². The highest BCUT2D eigenvalue weighted by atomic mass is 19.3. The van der Waals surface area contributed by atoms with E-state index in [0.29, 0.717) is 0 Å². The standard InChI is InChI=1S/C13H21F2NO4/c1-13(2,3)20-12(18)16-7-8(6-10(14)15)5-9(16)11(17)19-4/h8-10H,5-7H2,1-4H3. The minimum Gasteiger partial charge on any atom is -0.467 e. The van der Waals surface area contributed by atoms with Crippen LogP contribution in [0.25, 0.3) is 0 Å². The molecule has 7 heteroatoms. The van der Waals surface area contributed by atoms with Crippen LogP contribution < -0.4 is 0 Å². The Morgan fingerprint density at radius 2 is 1.95 bits per heavy atom. The van der Waals surface area contributed by atoms with Crippen LogP contribution in [0.15, 0.2) is 0 Å². The number of likely N-dealkylation sites (tertiary alicyclic amines) is 1. The van der Waals surface area contributed by atoms with E-state index in [1.165, 1.54) is 12.0 Å². The zero-order chi connectivity index (χ0) is 15.5. The number of nitrogens with zero attached hydrogens (tertiary/aromatic N) is 1. The third kappa shape index (κ3) is 4.61. The van der Waals surface area contributed by atoms with E-state index in [4.69, 9.17) is 4.74 Å². The molecule has 1 aliphatic heterocycles. The number of alkyl halides is 2. The molecule has 20 heavy (non-hydrogen) atoms. The Morgan fingerprint density at radius 1 is 1.35 bits per heavy atom. The Morgan fingerprint density at radius 3 is 2.40 bits per heavy atom. The van der Waals surface area contributed by atoms with E-state index in [-0.39, 0.29) is 19.4 Å². The topological polar surface area (TPSA) is 55.8 Å². The second-order valence-electron chi connectivity index (χ2n) is 5.90. The van der Waals surface area contributed by atoms with E-state index < -0.39 is 36.0 Å². The van der Waals surface area contributed by atoms with Gasteiger partial charge in [0.05, 0.1) is 7.11 Å². The van der Waals surface area contributed by atoms with Crippen molar-refractivity contribution in [2.45, 2.75) is 51.7 Å². The Bertz CT molecular complexity index is 368. The highest BCUT2D eigenvalue weighted by Gasteiger charge is 2.42. The highest BCUT2D eigenvalue weighted by Crippen LogP contribution is 2.30. The number of carbonyl (C=O) groups is 2. The van der Waals surface area contributed by atoms with Crippen molar-refractivity contribution in [1.29, 1.82) is 0 Å². The molecule has 1 heterocycles. The first-order valence-electron chi connectivity index (χ1n) is 6.49. The minimum atomic E-state index is -2.46. The third-order valence-electron chi connectivity index (χ3n) is 3.00. The molecule has 0 radical (unpaired) electrons. The van der Waals surface area contributed by atoms with Crippen molar-refractivity contribution in [2.24, 2.45) is 5.92 Å². The average Bonchev–Trinajstić information content (AvgIpc) is 2.68. The van der Waals surface area contributed by atoms with E-state index in [9.17, 15) is 18.4 Å². The molecule has 0 aromatic rings. The maximum Gasteiger partial charge on any atom is 0.411 e. The van der Waals surface area contributed by atoms with Crippen LogP contribution in [-0.2, 0) is 14.3 Å². The van der Waals surface area contributed by atoms with Crippen LogP contribution in [-0.4, -0.2) is 48.7 Å². The second-order valence-corrected chi connectivity index (χ2v) is 5.90. The van der Waals surface area contributed by atoms with E-state index >= 15 is 0 Å². The Kier molecular flexibility index (Phi) is 5.30. The lowest BCUT2D eigenvalue weighted by atomic mass is 10.0. The zero-order valence-electron chi connectivity index (χ0n) is 12.2. The molecule has 0 aromatic carbocycles. The first-order valence-corrected chi connectivity index (χ1v) is 6.49. The van der Waals surface area contributed by atoms with Gasteiger partial charge >= 0.3 is 12.1 Å². The van der Waals surface area contributed by atoms with Gasteiger partial charge in [0, 0.05) is 13.0 Å². The lowest BCUT2D eigenvalue weighted by Crippen LogP contribution is -2.43. The largest absolute Gasteiger partial charge is 0.467 e. The quantitative estimate of drug-likeness (QED) is 0.750. The third-order valence-corrected chi connectivity index (χ3v) is 3.00. The number of esters is 1. The molecule has 0 aromatic heterocycles. The van der Waals surface area contributed by atoms with Crippen molar-refractivity contribution in [2.75, 3.05) is 13.7 Å². The maximum absolute atomic E-state index is 12.4. The van der Waals surface area contributed by atoms with Crippen molar-refractivity contribution >= 4 is 12.1 Å². The SMILES string of the molecule is COC(=O)C1CC(CC(F)F)CN1C(=O)OC(C)(C)C. The summed E-state index contributed by atoms with van der Waals surface area (Å²) in [6.07, 6.45) is -3.30. The normalized spacial score (nSPS) is 23.1. The molecule has 2 atom stereocenters. The van der Waals surface area contributed by atoms with Gasteiger partial charge in [-0.15, -0.1) is 0 Å². The van der Waals surface area contributed by atoms with Crippen molar-refractivity contribution in [1.82, 2.24) is 4.90 Å². The Hall–Kier alpha value is -1.40. The van der Waals surface area contributed by atoms with Gasteiger partial charge in [-0.2, -0.15) is 0 Å². The predicted molar refractivity (Wildman–Crippen MR) is 67.5 cm³/mol. The number of hydrogen-bond acceptors (Lipinski definition) is 4. The number of methoxy groups -OCH3 is 1. The van der Waals surface area contributed by atoms with Gasteiger partial charge in [-0.3, -0.25) is 4.90 Å². The Balaban J connectivity index is 2.79. The number of halogens is 2. The van der Waals surface area contributed by atoms with Crippen LogP contribution >= 0.6 is 0 Å². The van der Waals surface area contributed by atoms with Gasteiger partial charge in [-0.05, 0) is 33.1 Å². The fourth-order valence-electron chi connectivity index (χ4n) is 2.23. The monoisotopic (exact) mass is 293 g/mol. The van der Waals surface area contributed by atoms with Gasteiger partial charge < -0.3 is 9.47 Å². The molecule has 0 spiro atoms. The lowest BCUT2D eigenvalue weighted by Gasteiger charge is -2.27. The molecule has 116 valence electrons. The molecule has 1 fully saturated rings. The fourth-order valence-corrected chi connectivity index (χ4v) is 2.23. The average molecular weight is 293 g/mol.